The van der Waals surface area contributed by atoms with E-state index in [2.05, 4.69) is 4.98 Å². The highest BCUT2D eigenvalue weighted by molar-refractivity contribution is 7.13. The highest BCUT2D eigenvalue weighted by atomic mass is 32.1. The molecule has 1 rings (SSSR count). The number of anilines is 1. The minimum atomic E-state index is -0.984. The molecule has 0 unspecified atom stereocenters. The molecular weight excluding hydrogens is 176 g/mol. The van der Waals surface area contributed by atoms with E-state index in [0.717, 1.165) is 0 Å². The van der Waals surface area contributed by atoms with Gasteiger partial charge in [0.2, 0.25) is 0 Å². The van der Waals surface area contributed by atoms with Gasteiger partial charge in [-0.2, -0.15) is 0 Å². The van der Waals surface area contributed by atoms with Crippen molar-refractivity contribution in [2.45, 2.75) is 6.92 Å². The molecule has 5 heteroatoms. The Bertz CT molecular complexity index is 330. The number of rotatable bonds is 2. The Morgan fingerprint density at radius 2 is 2.50 bits per heavy atom. The van der Waals surface area contributed by atoms with Gasteiger partial charge in [0, 0.05) is 5.38 Å². The van der Waals surface area contributed by atoms with Crippen molar-refractivity contribution >= 4 is 28.0 Å². The number of carbonyl (C=O) groups is 1. The van der Waals surface area contributed by atoms with Gasteiger partial charge < -0.3 is 10.8 Å². The van der Waals surface area contributed by atoms with E-state index in [4.69, 9.17) is 10.8 Å². The summed E-state index contributed by atoms with van der Waals surface area (Å²) in [6.45, 7) is 1.65. The monoisotopic (exact) mass is 184 g/mol. The van der Waals surface area contributed by atoms with Crippen LogP contribution in [0, 0.1) is 0 Å². The summed E-state index contributed by atoms with van der Waals surface area (Å²) in [5, 5.41) is 10.7. The molecule has 0 atom stereocenters. The van der Waals surface area contributed by atoms with E-state index in [1.807, 2.05) is 0 Å². The molecule has 1 aromatic heterocycles. The van der Waals surface area contributed by atoms with E-state index in [1.165, 1.54) is 17.4 Å². The SMILES string of the molecule is C/C=C(\C(=O)O)c1csc(N)n1. The predicted octanol–water partition coefficient (Wildman–Crippen LogP) is 1.21. The first-order valence-corrected chi connectivity index (χ1v) is 4.14. The van der Waals surface area contributed by atoms with Crippen molar-refractivity contribution in [3.8, 4) is 0 Å². The van der Waals surface area contributed by atoms with E-state index >= 15 is 0 Å². The third-order valence-electron chi connectivity index (χ3n) is 1.32. The molecule has 0 saturated heterocycles. The zero-order valence-corrected chi connectivity index (χ0v) is 7.26. The van der Waals surface area contributed by atoms with Crippen LogP contribution in [0.5, 0.6) is 0 Å². The second kappa shape index (κ2) is 3.36. The Hall–Kier alpha value is -1.36. The third kappa shape index (κ3) is 1.62. The number of aliphatic carboxylic acids is 1. The fourth-order valence-corrected chi connectivity index (χ4v) is 1.36. The summed E-state index contributed by atoms with van der Waals surface area (Å²) < 4.78 is 0. The van der Waals surface area contributed by atoms with Crippen LogP contribution < -0.4 is 5.73 Å². The molecule has 0 aliphatic carbocycles. The molecule has 0 spiro atoms. The fraction of sp³-hybridized carbons (Fsp3) is 0.143. The quantitative estimate of drug-likeness (QED) is 0.677. The van der Waals surface area contributed by atoms with E-state index in [0.29, 0.717) is 10.8 Å². The van der Waals surface area contributed by atoms with Gasteiger partial charge in [-0.3, -0.25) is 0 Å². The largest absolute Gasteiger partial charge is 0.478 e. The van der Waals surface area contributed by atoms with E-state index in [-0.39, 0.29) is 5.57 Å². The van der Waals surface area contributed by atoms with Gasteiger partial charge in [-0.25, -0.2) is 9.78 Å². The van der Waals surface area contributed by atoms with Crippen LogP contribution in [0.25, 0.3) is 5.57 Å². The first-order chi connectivity index (χ1) is 5.65. The van der Waals surface area contributed by atoms with Crippen molar-refractivity contribution in [2.75, 3.05) is 5.73 Å². The average molecular weight is 184 g/mol. The van der Waals surface area contributed by atoms with Crippen LogP contribution in [0.4, 0.5) is 5.13 Å². The van der Waals surface area contributed by atoms with Crippen molar-refractivity contribution in [3.63, 3.8) is 0 Å². The second-order valence-electron chi connectivity index (χ2n) is 2.08. The average Bonchev–Trinajstić information content (AvgIpc) is 2.37. The van der Waals surface area contributed by atoms with Gasteiger partial charge in [0.15, 0.2) is 5.13 Å². The Labute approximate surface area is 73.4 Å². The molecule has 0 radical (unpaired) electrons. The highest BCUT2D eigenvalue weighted by Gasteiger charge is 2.11. The van der Waals surface area contributed by atoms with E-state index in [9.17, 15) is 4.79 Å². The number of hydrogen-bond acceptors (Lipinski definition) is 4. The smallest absolute Gasteiger partial charge is 0.337 e. The fourth-order valence-electron chi connectivity index (χ4n) is 0.792. The summed E-state index contributed by atoms with van der Waals surface area (Å²) in [4.78, 5) is 14.4. The Kier molecular flexibility index (Phi) is 2.44. The Balaban J connectivity index is 3.04. The zero-order valence-electron chi connectivity index (χ0n) is 6.44. The molecule has 1 aromatic rings. The number of carboxylic acid groups (broad SMARTS) is 1. The maximum atomic E-state index is 10.6. The normalized spacial score (nSPS) is 11.6. The molecule has 1 heterocycles. The summed E-state index contributed by atoms with van der Waals surface area (Å²) >= 11 is 1.23. The van der Waals surface area contributed by atoms with Crippen LogP contribution in [0.15, 0.2) is 11.5 Å². The van der Waals surface area contributed by atoms with Crippen molar-refractivity contribution in [2.24, 2.45) is 0 Å². The molecule has 0 aromatic carbocycles. The molecule has 12 heavy (non-hydrogen) atoms. The van der Waals surface area contributed by atoms with Gasteiger partial charge in [-0.05, 0) is 6.92 Å². The molecule has 0 fully saturated rings. The van der Waals surface area contributed by atoms with Crippen LogP contribution in [0.1, 0.15) is 12.6 Å². The number of nitrogen functional groups attached to an aromatic ring is 1. The lowest BCUT2D eigenvalue weighted by Crippen LogP contribution is -1.99. The molecule has 3 N–H and O–H groups in total. The Morgan fingerprint density at radius 1 is 1.83 bits per heavy atom. The Morgan fingerprint density at radius 3 is 2.83 bits per heavy atom. The van der Waals surface area contributed by atoms with Crippen molar-refractivity contribution < 1.29 is 9.90 Å². The number of aromatic nitrogens is 1. The van der Waals surface area contributed by atoms with Crippen LogP contribution in [0.3, 0.4) is 0 Å². The molecule has 0 saturated carbocycles. The van der Waals surface area contributed by atoms with Gasteiger partial charge in [0.05, 0.1) is 11.3 Å². The van der Waals surface area contributed by atoms with Crippen LogP contribution >= 0.6 is 11.3 Å². The number of thiazole rings is 1. The van der Waals surface area contributed by atoms with Crippen LogP contribution in [0.2, 0.25) is 0 Å². The summed E-state index contributed by atoms with van der Waals surface area (Å²) in [5.41, 5.74) is 5.97. The first-order valence-electron chi connectivity index (χ1n) is 3.26. The van der Waals surface area contributed by atoms with Gasteiger partial charge in [-0.15, -0.1) is 11.3 Å². The highest BCUT2D eigenvalue weighted by Crippen LogP contribution is 2.18. The van der Waals surface area contributed by atoms with Crippen molar-refractivity contribution in [1.29, 1.82) is 0 Å². The molecular formula is C7H8N2O2S. The second-order valence-corrected chi connectivity index (χ2v) is 2.97. The lowest BCUT2D eigenvalue weighted by atomic mass is 10.2. The molecule has 0 aliphatic rings. The third-order valence-corrected chi connectivity index (χ3v) is 1.99. The molecule has 0 bridgehead atoms. The van der Waals surface area contributed by atoms with Crippen molar-refractivity contribution in [1.82, 2.24) is 4.98 Å². The van der Waals surface area contributed by atoms with Gasteiger partial charge in [0.1, 0.15) is 0 Å². The predicted molar refractivity (Wildman–Crippen MR) is 47.8 cm³/mol. The molecule has 4 nitrogen and oxygen atoms in total. The maximum absolute atomic E-state index is 10.6. The van der Waals surface area contributed by atoms with E-state index in [1.54, 1.807) is 12.3 Å². The molecule has 0 aliphatic heterocycles. The zero-order chi connectivity index (χ0) is 9.14. The first kappa shape index (κ1) is 8.73. The summed E-state index contributed by atoms with van der Waals surface area (Å²) in [7, 11) is 0. The summed E-state index contributed by atoms with van der Waals surface area (Å²) in [6.07, 6.45) is 1.50. The van der Waals surface area contributed by atoms with Gasteiger partial charge in [0.25, 0.3) is 0 Å². The lowest BCUT2D eigenvalue weighted by molar-refractivity contribution is -0.130. The van der Waals surface area contributed by atoms with Crippen molar-refractivity contribution in [3.05, 3.63) is 17.2 Å². The topological polar surface area (TPSA) is 76.2 Å². The number of nitrogens with zero attached hydrogens (tertiary/aromatic N) is 1. The number of allylic oxidation sites excluding steroid dienone is 1. The molecule has 64 valence electrons. The standard InChI is InChI=1S/C7H8N2O2S/c1-2-4(6(10)11)5-3-12-7(8)9-5/h2-3H,1H3,(H2,8,9)(H,10,11)/b4-2-. The number of hydrogen-bond donors (Lipinski definition) is 2. The number of carboxylic acids is 1. The van der Waals surface area contributed by atoms with Crippen LogP contribution in [-0.2, 0) is 4.79 Å². The van der Waals surface area contributed by atoms with Gasteiger partial charge >= 0.3 is 5.97 Å². The number of nitrogens with two attached hydrogens (primary N) is 1. The minimum Gasteiger partial charge on any atom is -0.478 e. The van der Waals surface area contributed by atoms with E-state index < -0.39 is 5.97 Å². The summed E-state index contributed by atoms with van der Waals surface area (Å²) in [6, 6.07) is 0. The lowest BCUT2D eigenvalue weighted by Gasteiger charge is -1.93. The summed E-state index contributed by atoms with van der Waals surface area (Å²) in [5.74, 6) is -0.984. The van der Waals surface area contributed by atoms with Gasteiger partial charge in [-0.1, -0.05) is 6.08 Å². The minimum absolute atomic E-state index is 0.183. The van der Waals surface area contributed by atoms with Crippen LogP contribution in [-0.4, -0.2) is 16.1 Å². The maximum Gasteiger partial charge on any atom is 0.337 e. The molecule has 0 amide bonds.